The van der Waals surface area contributed by atoms with Gasteiger partial charge >= 0.3 is 0 Å². The lowest BCUT2D eigenvalue weighted by Gasteiger charge is -2.65. The minimum absolute atomic E-state index is 0.520. The highest BCUT2D eigenvalue weighted by Crippen LogP contribution is 2.66. The third kappa shape index (κ3) is 2.69. The van der Waals surface area contributed by atoms with Gasteiger partial charge in [-0.05, 0) is 86.5 Å². The molecule has 5 aliphatic rings. The summed E-state index contributed by atoms with van der Waals surface area (Å²) in [6.07, 6.45) is 14.9. The molecule has 0 aromatic heterocycles. The first-order chi connectivity index (χ1) is 9.88. The summed E-state index contributed by atoms with van der Waals surface area (Å²) in [5.41, 5.74) is 1.83. The molecule has 2 atom stereocenters. The molecule has 5 rings (SSSR count). The van der Waals surface area contributed by atoms with Crippen LogP contribution < -0.4 is 5.32 Å². The Balaban J connectivity index is 1.43. The van der Waals surface area contributed by atoms with Crippen LogP contribution in [0.15, 0.2) is 0 Å². The van der Waals surface area contributed by atoms with Crippen molar-refractivity contribution in [3.8, 4) is 0 Å². The maximum absolute atomic E-state index is 4.16. The lowest BCUT2D eigenvalue weighted by Crippen LogP contribution is -2.64. The molecule has 21 heavy (non-hydrogen) atoms. The van der Waals surface area contributed by atoms with E-state index in [0.717, 1.165) is 17.8 Å². The molecule has 0 saturated heterocycles. The van der Waals surface area contributed by atoms with E-state index in [1.54, 1.807) is 0 Å². The Labute approximate surface area is 131 Å². The van der Waals surface area contributed by atoms with E-state index in [-0.39, 0.29) is 0 Å². The molecule has 1 heteroatoms. The minimum Gasteiger partial charge on any atom is -0.311 e. The van der Waals surface area contributed by atoms with Crippen LogP contribution in [0.2, 0.25) is 0 Å². The normalized spacial score (nSPS) is 55.9. The number of hydrogen-bond donors (Lipinski definition) is 1. The molecule has 1 nitrogen and oxygen atoms in total. The van der Waals surface area contributed by atoms with Crippen molar-refractivity contribution >= 4 is 0 Å². The fourth-order valence-electron chi connectivity index (χ4n) is 7.54. The van der Waals surface area contributed by atoms with Crippen molar-refractivity contribution < 1.29 is 0 Å². The Kier molecular flexibility index (Phi) is 3.27. The number of hydrogen-bond acceptors (Lipinski definition) is 1. The first kappa shape index (κ1) is 14.5. The van der Waals surface area contributed by atoms with Crippen molar-refractivity contribution in [3.63, 3.8) is 0 Å². The zero-order valence-electron chi connectivity index (χ0n) is 14.5. The lowest BCUT2D eigenvalue weighted by atomic mass is 9.43. The van der Waals surface area contributed by atoms with Gasteiger partial charge in [-0.25, -0.2) is 0 Å². The molecule has 0 aromatic rings. The summed E-state index contributed by atoms with van der Waals surface area (Å²) < 4.78 is 0. The molecule has 0 amide bonds. The van der Waals surface area contributed by atoms with Crippen LogP contribution in [0.1, 0.15) is 85.0 Å². The summed E-state index contributed by atoms with van der Waals surface area (Å²) in [5.74, 6) is 2.98. The van der Waals surface area contributed by atoms with Gasteiger partial charge in [0.1, 0.15) is 0 Å². The summed E-state index contributed by atoms with van der Waals surface area (Å²) in [6.45, 7) is 8.93. The molecule has 1 N–H and O–H groups in total. The van der Waals surface area contributed by atoms with Crippen molar-refractivity contribution in [2.24, 2.45) is 28.6 Å². The highest BCUT2D eigenvalue weighted by molar-refractivity contribution is 5.14. The van der Waals surface area contributed by atoms with E-state index in [1.165, 1.54) is 70.8 Å². The number of nitrogens with one attached hydrogen (secondary N) is 1. The molecule has 5 saturated carbocycles. The number of rotatable bonds is 3. The van der Waals surface area contributed by atoms with E-state index in [1.807, 2.05) is 0 Å². The standard InChI is InChI=1S/C20H35N/c1-15-4-6-16(7-5-15)11-21-20-10-17-8-18(2,13-20)12-19(3,9-17)14-20/h15-17,21H,4-14H2,1-3H3. The van der Waals surface area contributed by atoms with Crippen molar-refractivity contribution in [2.45, 2.75) is 90.5 Å². The van der Waals surface area contributed by atoms with E-state index in [9.17, 15) is 0 Å². The predicted molar refractivity (Wildman–Crippen MR) is 89.3 cm³/mol. The molecule has 0 spiro atoms. The minimum atomic E-state index is 0.520. The fraction of sp³-hybridized carbons (Fsp3) is 1.00. The van der Waals surface area contributed by atoms with Crippen LogP contribution in [0, 0.1) is 28.6 Å². The smallest absolute Gasteiger partial charge is 0.0194 e. The van der Waals surface area contributed by atoms with Crippen LogP contribution in [0.25, 0.3) is 0 Å². The first-order valence-electron chi connectivity index (χ1n) is 9.63. The van der Waals surface area contributed by atoms with Gasteiger partial charge in [0.25, 0.3) is 0 Å². The maximum atomic E-state index is 4.16. The van der Waals surface area contributed by atoms with Gasteiger partial charge in [0.05, 0.1) is 0 Å². The second kappa shape index (κ2) is 4.73. The molecule has 2 unspecified atom stereocenters. The Morgan fingerprint density at radius 1 is 0.857 bits per heavy atom. The highest BCUT2D eigenvalue weighted by Gasteiger charge is 2.59. The Morgan fingerprint density at radius 2 is 1.48 bits per heavy atom. The molecule has 5 fully saturated rings. The average molecular weight is 290 g/mol. The van der Waals surface area contributed by atoms with Gasteiger partial charge in [-0.1, -0.05) is 33.6 Å². The van der Waals surface area contributed by atoms with E-state index in [0.29, 0.717) is 16.4 Å². The summed E-state index contributed by atoms with van der Waals surface area (Å²) >= 11 is 0. The summed E-state index contributed by atoms with van der Waals surface area (Å²) in [5, 5.41) is 4.16. The largest absolute Gasteiger partial charge is 0.311 e. The van der Waals surface area contributed by atoms with Crippen LogP contribution in [-0.2, 0) is 0 Å². The third-order valence-electron chi connectivity index (χ3n) is 7.53. The van der Waals surface area contributed by atoms with E-state index >= 15 is 0 Å². The quantitative estimate of drug-likeness (QED) is 0.757. The Morgan fingerprint density at radius 3 is 2.05 bits per heavy atom. The van der Waals surface area contributed by atoms with Crippen LogP contribution in [0.4, 0.5) is 0 Å². The Bertz CT molecular complexity index is 388. The third-order valence-corrected chi connectivity index (χ3v) is 7.53. The average Bonchev–Trinajstić information content (AvgIpc) is 2.34. The molecule has 0 heterocycles. The van der Waals surface area contributed by atoms with Crippen molar-refractivity contribution in [3.05, 3.63) is 0 Å². The van der Waals surface area contributed by atoms with E-state index in [2.05, 4.69) is 26.1 Å². The molecule has 5 aliphatic carbocycles. The molecular weight excluding hydrogens is 254 g/mol. The van der Waals surface area contributed by atoms with E-state index in [4.69, 9.17) is 0 Å². The van der Waals surface area contributed by atoms with Gasteiger partial charge in [0, 0.05) is 5.54 Å². The van der Waals surface area contributed by atoms with Crippen molar-refractivity contribution in [1.29, 1.82) is 0 Å². The molecule has 4 bridgehead atoms. The zero-order valence-corrected chi connectivity index (χ0v) is 14.5. The Hall–Kier alpha value is -0.0400. The molecule has 0 aliphatic heterocycles. The maximum Gasteiger partial charge on any atom is 0.0194 e. The first-order valence-corrected chi connectivity index (χ1v) is 9.63. The van der Waals surface area contributed by atoms with Crippen LogP contribution >= 0.6 is 0 Å². The monoisotopic (exact) mass is 289 g/mol. The van der Waals surface area contributed by atoms with Crippen LogP contribution in [-0.4, -0.2) is 12.1 Å². The predicted octanol–water partition coefficient (Wildman–Crippen LogP) is 5.15. The summed E-state index contributed by atoms with van der Waals surface area (Å²) in [7, 11) is 0. The SMILES string of the molecule is CC1CCC(CNC23CC4CC(C)(CC(C)(C4)C2)C3)CC1. The van der Waals surface area contributed by atoms with Gasteiger partial charge in [-0.15, -0.1) is 0 Å². The topological polar surface area (TPSA) is 12.0 Å². The van der Waals surface area contributed by atoms with Crippen molar-refractivity contribution in [2.75, 3.05) is 6.54 Å². The second-order valence-corrected chi connectivity index (χ2v) is 10.4. The van der Waals surface area contributed by atoms with Gasteiger partial charge in [-0.2, -0.15) is 0 Å². The van der Waals surface area contributed by atoms with Gasteiger partial charge in [-0.3, -0.25) is 0 Å². The molecule has 0 aromatic carbocycles. The van der Waals surface area contributed by atoms with E-state index < -0.39 is 0 Å². The van der Waals surface area contributed by atoms with Crippen molar-refractivity contribution in [1.82, 2.24) is 5.32 Å². The molecule has 0 radical (unpaired) electrons. The lowest BCUT2D eigenvalue weighted by molar-refractivity contribution is -0.118. The molecular formula is C20H35N. The van der Waals surface area contributed by atoms with Crippen LogP contribution in [0.5, 0.6) is 0 Å². The van der Waals surface area contributed by atoms with Gasteiger partial charge < -0.3 is 5.32 Å². The summed E-state index contributed by atoms with van der Waals surface area (Å²) in [4.78, 5) is 0. The van der Waals surface area contributed by atoms with Gasteiger partial charge in [0.2, 0.25) is 0 Å². The highest BCUT2D eigenvalue weighted by atomic mass is 15.0. The van der Waals surface area contributed by atoms with Crippen LogP contribution in [0.3, 0.4) is 0 Å². The summed E-state index contributed by atoms with van der Waals surface area (Å²) in [6, 6.07) is 0. The second-order valence-electron chi connectivity index (χ2n) is 10.4. The fourth-order valence-corrected chi connectivity index (χ4v) is 7.54. The zero-order chi connectivity index (χ0) is 14.7. The molecule has 120 valence electrons. The van der Waals surface area contributed by atoms with Gasteiger partial charge in [0.15, 0.2) is 0 Å².